The van der Waals surface area contributed by atoms with Crippen LogP contribution < -0.4 is 5.32 Å². The molecule has 0 radical (unpaired) electrons. The van der Waals surface area contributed by atoms with Crippen LogP contribution in [0.5, 0.6) is 0 Å². The minimum Gasteiger partial charge on any atom is -0.469 e. The summed E-state index contributed by atoms with van der Waals surface area (Å²) in [7, 11) is 0. The molecule has 0 bridgehead atoms. The number of halogens is 1. The van der Waals surface area contributed by atoms with E-state index in [1.807, 2.05) is 0 Å². The molecule has 0 fully saturated rings. The summed E-state index contributed by atoms with van der Waals surface area (Å²) in [6.07, 6.45) is 3.85. The third-order valence-electron chi connectivity index (χ3n) is 2.89. The van der Waals surface area contributed by atoms with Crippen molar-refractivity contribution < 1.29 is 4.42 Å². The molecule has 1 unspecified atom stereocenters. The van der Waals surface area contributed by atoms with E-state index in [1.54, 1.807) is 17.6 Å². The van der Waals surface area contributed by atoms with E-state index >= 15 is 0 Å². The van der Waals surface area contributed by atoms with Crippen molar-refractivity contribution in [2.24, 2.45) is 0 Å². The predicted octanol–water partition coefficient (Wildman–Crippen LogP) is 4.76. The van der Waals surface area contributed by atoms with Crippen molar-refractivity contribution in [3.8, 4) is 0 Å². The average molecular weight is 328 g/mol. The van der Waals surface area contributed by atoms with Crippen LogP contribution in [0.2, 0.25) is 0 Å². The second-order valence-electron chi connectivity index (χ2n) is 4.18. The lowest BCUT2D eigenvalue weighted by molar-refractivity contribution is 0.501. The Kier molecular flexibility index (Phi) is 5.03. The number of hydrogen-bond donors (Lipinski definition) is 1. The molecule has 98 valence electrons. The van der Waals surface area contributed by atoms with Crippen LogP contribution in [0, 0.1) is 0 Å². The molecule has 1 atom stereocenters. The standard InChI is InChI=1S/C14H18BrNOS/c1-3-8-16-14(12-5-6-13(15)18-12)10-7-9-17-11(10)4-2/h5-7,9,14,16H,3-4,8H2,1-2H3. The Morgan fingerprint density at radius 1 is 1.33 bits per heavy atom. The Bertz CT molecular complexity index is 491. The highest BCUT2D eigenvalue weighted by Gasteiger charge is 2.19. The van der Waals surface area contributed by atoms with E-state index in [4.69, 9.17) is 4.42 Å². The number of thiophene rings is 1. The lowest BCUT2D eigenvalue weighted by atomic mass is 10.0. The van der Waals surface area contributed by atoms with E-state index in [0.29, 0.717) is 0 Å². The van der Waals surface area contributed by atoms with Crippen LogP contribution in [0.1, 0.15) is 42.5 Å². The Balaban J connectivity index is 2.30. The first-order valence-electron chi connectivity index (χ1n) is 6.31. The molecule has 0 aliphatic rings. The first-order valence-corrected chi connectivity index (χ1v) is 7.92. The molecule has 0 spiro atoms. The van der Waals surface area contributed by atoms with Crippen LogP contribution in [-0.4, -0.2) is 6.54 Å². The van der Waals surface area contributed by atoms with Crippen molar-refractivity contribution in [3.63, 3.8) is 0 Å². The summed E-state index contributed by atoms with van der Waals surface area (Å²) in [4.78, 5) is 1.33. The van der Waals surface area contributed by atoms with Gasteiger partial charge in [0.1, 0.15) is 5.76 Å². The van der Waals surface area contributed by atoms with Gasteiger partial charge in [-0.1, -0.05) is 13.8 Å². The third-order valence-corrected chi connectivity index (χ3v) is 4.58. The Hall–Kier alpha value is -0.580. The quantitative estimate of drug-likeness (QED) is 0.827. The van der Waals surface area contributed by atoms with Gasteiger partial charge in [-0.25, -0.2) is 0 Å². The monoisotopic (exact) mass is 327 g/mol. The lowest BCUT2D eigenvalue weighted by Gasteiger charge is -2.17. The second kappa shape index (κ2) is 6.55. The van der Waals surface area contributed by atoms with Crippen LogP contribution in [-0.2, 0) is 6.42 Å². The maximum Gasteiger partial charge on any atom is 0.108 e. The molecule has 2 nitrogen and oxygen atoms in total. The lowest BCUT2D eigenvalue weighted by Crippen LogP contribution is -2.22. The molecule has 0 aliphatic heterocycles. The number of rotatable bonds is 6. The molecular weight excluding hydrogens is 310 g/mol. The molecule has 0 aromatic carbocycles. The molecular formula is C14H18BrNOS. The predicted molar refractivity (Wildman–Crippen MR) is 80.2 cm³/mol. The molecule has 4 heteroatoms. The highest BCUT2D eigenvalue weighted by molar-refractivity contribution is 9.11. The Labute approximate surface area is 121 Å². The minimum absolute atomic E-state index is 0.245. The topological polar surface area (TPSA) is 25.2 Å². The van der Waals surface area contributed by atoms with Crippen molar-refractivity contribution >= 4 is 27.3 Å². The Morgan fingerprint density at radius 2 is 2.17 bits per heavy atom. The van der Waals surface area contributed by atoms with Crippen LogP contribution in [0.25, 0.3) is 0 Å². The van der Waals surface area contributed by atoms with Gasteiger partial charge >= 0.3 is 0 Å². The molecule has 2 rings (SSSR count). The second-order valence-corrected chi connectivity index (χ2v) is 6.68. The van der Waals surface area contributed by atoms with Crippen molar-refractivity contribution in [3.05, 3.63) is 44.4 Å². The van der Waals surface area contributed by atoms with Crippen molar-refractivity contribution in [2.45, 2.75) is 32.7 Å². The molecule has 0 amide bonds. The van der Waals surface area contributed by atoms with Gasteiger partial charge in [-0.3, -0.25) is 0 Å². The van der Waals surface area contributed by atoms with E-state index in [2.05, 4.69) is 53.3 Å². The molecule has 0 saturated heterocycles. The minimum atomic E-state index is 0.245. The fourth-order valence-electron chi connectivity index (χ4n) is 2.03. The van der Waals surface area contributed by atoms with E-state index in [9.17, 15) is 0 Å². The number of hydrogen-bond acceptors (Lipinski definition) is 3. The fraction of sp³-hybridized carbons (Fsp3) is 0.429. The van der Waals surface area contributed by atoms with Gasteiger partial charge in [0.15, 0.2) is 0 Å². The summed E-state index contributed by atoms with van der Waals surface area (Å²) in [5.74, 6) is 1.08. The zero-order valence-electron chi connectivity index (χ0n) is 10.7. The summed E-state index contributed by atoms with van der Waals surface area (Å²) in [6.45, 7) is 5.32. The largest absolute Gasteiger partial charge is 0.469 e. The molecule has 0 aliphatic carbocycles. The van der Waals surface area contributed by atoms with Gasteiger partial charge in [0.05, 0.1) is 16.1 Å². The van der Waals surface area contributed by atoms with Gasteiger partial charge in [-0.05, 0) is 47.1 Å². The van der Waals surface area contributed by atoms with E-state index in [1.165, 1.54) is 14.2 Å². The van der Waals surface area contributed by atoms with Crippen molar-refractivity contribution in [1.29, 1.82) is 0 Å². The third kappa shape index (κ3) is 3.05. The molecule has 2 aromatic rings. The van der Waals surface area contributed by atoms with E-state index < -0.39 is 0 Å². The molecule has 2 heterocycles. The van der Waals surface area contributed by atoms with Crippen LogP contribution in [0.3, 0.4) is 0 Å². The molecule has 0 saturated carbocycles. The molecule has 2 aromatic heterocycles. The van der Waals surface area contributed by atoms with Crippen molar-refractivity contribution in [1.82, 2.24) is 5.32 Å². The zero-order chi connectivity index (χ0) is 13.0. The van der Waals surface area contributed by atoms with Gasteiger partial charge in [0, 0.05) is 16.9 Å². The summed E-state index contributed by atoms with van der Waals surface area (Å²) in [6, 6.07) is 6.61. The highest BCUT2D eigenvalue weighted by Crippen LogP contribution is 2.33. The summed E-state index contributed by atoms with van der Waals surface area (Å²) in [5.41, 5.74) is 1.26. The van der Waals surface area contributed by atoms with Crippen LogP contribution in [0.4, 0.5) is 0 Å². The normalized spacial score (nSPS) is 12.8. The van der Waals surface area contributed by atoms with Crippen LogP contribution in [0.15, 0.2) is 32.7 Å². The van der Waals surface area contributed by atoms with Gasteiger partial charge < -0.3 is 9.73 Å². The number of nitrogens with one attached hydrogen (secondary N) is 1. The number of furan rings is 1. The molecule has 18 heavy (non-hydrogen) atoms. The van der Waals surface area contributed by atoms with Gasteiger partial charge in [-0.15, -0.1) is 11.3 Å². The molecule has 1 N–H and O–H groups in total. The van der Waals surface area contributed by atoms with E-state index in [0.717, 1.165) is 25.1 Å². The summed E-state index contributed by atoms with van der Waals surface area (Å²) in [5, 5.41) is 3.61. The summed E-state index contributed by atoms with van der Waals surface area (Å²) >= 11 is 5.31. The van der Waals surface area contributed by atoms with Gasteiger partial charge in [-0.2, -0.15) is 0 Å². The SMILES string of the molecule is CCCNC(c1ccc(Br)s1)c1ccoc1CC. The average Bonchev–Trinajstić information content (AvgIpc) is 2.99. The van der Waals surface area contributed by atoms with E-state index in [-0.39, 0.29) is 6.04 Å². The van der Waals surface area contributed by atoms with Gasteiger partial charge in [0.2, 0.25) is 0 Å². The number of aryl methyl sites for hydroxylation is 1. The first-order chi connectivity index (χ1) is 8.76. The van der Waals surface area contributed by atoms with Crippen LogP contribution >= 0.6 is 27.3 Å². The smallest absolute Gasteiger partial charge is 0.108 e. The maximum atomic E-state index is 5.56. The first kappa shape index (κ1) is 13.8. The fourth-order valence-corrected chi connectivity index (χ4v) is 3.55. The Morgan fingerprint density at radius 3 is 2.78 bits per heavy atom. The maximum absolute atomic E-state index is 5.56. The van der Waals surface area contributed by atoms with Gasteiger partial charge in [0.25, 0.3) is 0 Å². The summed E-state index contributed by atoms with van der Waals surface area (Å²) < 4.78 is 6.72. The highest BCUT2D eigenvalue weighted by atomic mass is 79.9. The van der Waals surface area contributed by atoms with Crippen molar-refractivity contribution in [2.75, 3.05) is 6.54 Å². The zero-order valence-corrected chi connectivity index (χ0v) is 13.1.